The summed E-state index contributed by atoms with van der Waals surface area (Å²) in [6.45, 7) is 5.19. The van der Waals surface area contributed by atoms with Crippen molar-refractivity contribution < 1.29 is 23.1 Å². The first-order valence-electron chi connectivity index (χ1n) is 8.27. The van der Waals surface area contributed by atoms with Crippen molar-refractivity contribution in [2.45, 2.75) is 43.0 Å². The number of esters is 1. The molecule has 0 unspecified atom stereocenters. The molecular weight excluding hydrogens is 354 g/mol. The highest BCUT2D eigenvalue weighted by Crippen LogP contribution is 2.30. The summed E-state index contributed by atoms with van der Waals surface area (Å²) in [5.74, 6) is -1.08. The molecule has 0 aromatic heterocycles. The first-order chi connectivity index (χ1) is 12.2. The molecule has 7 heteroatoms. The van der Waals surface area contributed by atoms with Gasteiger partial charge in [0.1, 0.15) is 11.3 Å². The summed E-state index contributed by atoms with van der Waals surface area (Å²) < 4.78 is 30.8. The zero-order valence-corrected chi connectivity index (χ0v) is 15.8. The van der Waals surface area contributed by atoms with Gasteiger partial charge < -0.3 is 15.6 Å². The van der Waals surface area contributed by atoms with E-state index in [1.165, 1.54) is 18.2 Å². The summed E-state index contributed by atoms with van der Waals surface area (Å²) in [6, 6.07) is 8.87. The second-order valence-electron chi connectivity index (χ2n) is 6.18. The molecule has 26 heavy (non-hydrogen) atoms. The predicted octanol–water partition coefficient (Wildman–Crippen LogP) is 2.60. The van der Waals surface area contributed by atoms with Crippen LogP contribution in [0.5, 0.6) is 5.75 Å². The van der Waals surface area contributed by atoms with Crippen LogP contribution < -0.4 is 5.73 Å². The van der Waals surface area contributed by atoms with Crippen molar-refractivity contribution in [1.29, 1.82) is 0 Å². The van der Waals surface area contributed by atoms with E-state index in [9.17, 15) is 18.3 Å². The zero-order valence-electron chi connectivity index (χ0n) is 15.0. The van der Waals surface area contributed by atoms with Crippen LogP contribution in [-0.2, 0) is 21.0 Å². The van der Waals surface area contributed by atoms with Gasteiger partial charge >= 0.3 is 5.97 Å². The standard InChI is InChI=1S/C19H23NO5S/c1-4-25-19(22)16-11-18(12(2)9-17(16)21)26(23,24)15-7-5-14(6-8-15)10-13(3)20/h5-9,11,13,21H,4,10,20H2,1-3H3/t13-/m1/s1. The Labute approximate surface area is 153 Å². The second kappa shape index (κ2) is 7.88. The lowest BCUT2D eigenvalue weighted by Crippen LogP contribution is -2.17. The van der Waals surface area contributed by atoms with Gasteiger partial charge in [-0.05, 0) is 62.6 Å². The molecule has 0 fully saturated rings. The average molecular weight is 377 g/mol. The minimum atomic E-state index is -3.85. The first kappa shape index (κ1) is 19.9. The van der Waals surface area contributed by atoms with Crippen LogP contribution in [0.1, 0.15) is 35.3 Å². The largest absolute Gasteiger partial charge is 0.507 e. The van der Waals surface area contributed by atoms with E-state index in [4.69, 9.17) is 10.5 Å². The highest BCUT2D eigenvalue weighted by Gasteiger charge is 2.24. The minimum Gasteiger partial charge on any atom is -0.507 e. The van der Waals surface area contributed by atoms with Gasteiger partial charge in [0.15, 0.2) is 0 Å². The maximum Gasteiger partial charge on any atom is 0.341 e. The Morgan fingerprint density at radius 2 is 1.85 bits per heavy atom. The predicted molar refractivity (Wildman–Crippen MR) is 98.0 cm³/mol. The third kappa shape index (κ3) is 4.23. The molecular formula is C19H23NO5S. The molecule has 0 radical (unpaired) electrons. The molecule has 0 heterocycles. The van der Waals surface area contributed by atoms with Crippen LogP contribution in [0.3, 0.4) is 0 Å². The monoisotopic (exact) mass is 377 g/mol. The molecule has 0 aliphatic carbocycles. The Kier molecular flexibility index (Phi) is 6.05. The summed E-state index contributed by atoms with van der Waals surface area (Å²) in [5.41, 5.74) is 6.86. The van der Waals surface area contributed by atoms with Crippen molar-refractivity contribution >= 4 is 15.8 Å². The fraction of sp³-hybridized carbons (Fsp3) is 0.316. The van der Waals surface area contributed by atoms with Crippen LogP contribution >= 0.6 is 0 Å². The van der Waals surface area contributed by atoms with Crippen LogP contribution in [0.4, 0.5) is 0 Å². The van der Waals surface area contributed by atoms with Gasteiger partial charge in [0.25, 0.3) is 0 Å². The van der Waals surface area contributed by atoms with Crippen LogP contribution in [0.25, 0.3) is 0 Å². The highest BCUT2D eigenvalue weighted by atomic mass is 32.2. The van der Waals surface area contributed by atoms with Gasteiger partial charge in [-0.25, -0.2) is 13.2 Å². The summed E-state index contributed by atoms with van der Waals surface area (Å²) in [7, 11) is -3.85. The third-order valence-corrected chi connectivity index (χ3v) is 5.78. The number of hydrogen-bond donors (Lipinski definition) is 2. The number of sulfone groups is 1. The van der Waals surface area contributed by atoms with E-state index in [1.807, 2.05) is 6.92 Å². The number of phenols is 1. The molecule has 0 saturated carbocycles. The number of hydrogen-bond acceptors (Lipinski definition) is 6. The highest BCUT2D eigenvalue weighted by molar-refractivity contribution is 7.91. The zero-order chi connectivity index (χ0) is 19.5. The number of carbonyl (C=O) groups is 1. The van der Waals surface area contributed by atoms with E-state index in [0.29, 0.717) is 12.0 Å². The maximum absolute atomic E-state index is 13.0. The van der Waals surface area contributed by atoms with Gasteiger partial charge in [0.2, 0.25) is 9.84 Å². The molecule has 2 aromatic rings. The molecule has 2 rings (SSSR count). The van der Waals surface area contributed by atoms with Crippen molar-refractivity contribution in [3.05, 3.63) is 53.1 Å². The molecule has 0 saturated heterocycles. The molecule has 2 aromatic carbocycles. The summed E-state index contributed by atoms with van der Waals surface area (Å²) >= 11 is 0. The van der Waals surface area contributed by atoms with Crippen LogP contribution in [-0.4, -0.2) is 32.1 Å². The van der Waals surface area contributed by atoms with Crippen molar-refractivity contribution in [3.63, 3.8) is 0 Å². The van der Waals surface area contributed by atoms with Crippen LogP contribution in [0, 0.1) is 6.92 Å². The molecule has 0 amide bonds. The van der Waals surface area contributed by atoms with Gasteiger partial charge in [-0.3, -0.25) is 0 Å². The molecule has 6 nitrogen and oxygen atoms in total. The normalized spacial score (nSPS) is 12.6. The van der Waals surface area contributed by atoms with Crippen molar-refractivity contribution in [2.24, 2.45) is 5.73 Å². The summed E-state index contributed by atoms with van der Waals surface area (Å²) in [6.07, 6.45) is 0.644. The number of phenolic OH excluding ortho intramolecular Hbond substituents is 1. The topological polar surface area (TPSA) is 107 Å². The maximum atomic E-state index is 13.0. The van der Waals surface area contributed by atoms with Gasteiger partial charge in [0, 0.05) is 6.04 Å². The molecule has 3 N–H and O–H groups in total. The van der Waals surface area contributed by atoms with Crippen LogP contribution in [0.2, 0.25) is 0 Å². The Balaban J connectivity index is 2.48. The third-order valence-electron chi connectivity index (χ3n) is 3.87. The van der Waals surface area contributed by atoms with Crippen molar-refractivity contribution in [1.82, 2.24) is 0 Å². The van der Waals surface area contributed by atoms with E-state index in [1.54, 1.807) is 26.0 Å². The average Bonchev–Trinajstić information content (AvgIpc) is 2.54. The smallest absolute Gasteiger partial charge is 0.341 e. The van der Waals surface area contributed by atoms with E-state index >= 15 is 0 Å². The minimum absolute atomic E-state index is 0.0241. The van der Waals surface area contributed by atoms with Crippen molar-refractivity contribution in [3.8, 4) is 5.75 Å². The Morgan fingerprint density at radius 3 is 2.38 bits per heavy atom. The molecule has 0 aliphatic heterocycles. The van der Waals surface area contributed by atoms with E-state index in [-0.39, 0.29) is 33.8 Å². The number of rotatable bonds is 6. The van der Waals surface area contributed by atoms with Crippen LogP contribution in [0.15, 0.2) is 46.2 Å². The van der Waals surface area contributed by atoms with E-state index < -0.39 is 15.8 Å². The van der Waals surface area contributed by atoms with E-state index in [0.717, 1.165) is 11.6 Å². The molecule has 0 bridgehead atoms. The molecule has 0 aliphatic rings. The quantitative estimate of drug-likeness (QED) is 0.750. The Morgan fingerprint density at radius 1 is 1.23 bits per heavy atom. The number of benzene rings is 2. The SMILES string of the molecule is CCOC(=O)c1cc(S(=O)(=O)c2ccc(C[C@@H](C)N)cc2)c(C)cc1O. The number of aryl methyl sites for hydroxylation is 1. The van der Waals surface area contributed by atoms with Crippen molar-refractivity contribution in [2.75, 3.05) is 6.61 Å². The molecule has 0 spiro atoms. The Hall–Kier alpha value is -2.38. The fourth-order valence-corrected chi connectivity index (χ4v) is 4.14. The number of nitrogens with two attached hydrogens (primary N) is 1. The second-order valence-corrected chi connectivity index (χ2v) is 8.10. The lowest BCUT2D eigenvalue weighted by molar-refractivity contribution is 0.0522. The molecule has 140 valence electrons. The van der Waals surface area contributed by atoms with E-state index in [2.05, 4.69) is 0 Å². The number of carbonyl (C=O) groups excluding carboxylic acids is 1. The van der Waals surface area contributed by atoms with Gasteiger partial charge in [0.05, 0.1) is 16.4 Å². The summed E-state index contributed by atoms with van der Waals surface area (Å²) in [5, 5.41) is 9.96. The Bertz CT molecular complexity index is 902. The summed E-state index contributed by atoms with van der Waals surface area (Å²) in [4.78, 5) is 12.0. The van der Waals surface area contributed by atoms with Gasteiger partial charge in [-0.2, -0.15) is 0 Å². The first-order valence-corrected chi connectivity index (χ1v) is 9.75. The number of aromatic hydroxyl groups is 1. The number of ether oxygens (including phenoxy) is 1. The fourth-order valence-electron chi connectivity index (χ4n) is 2.64. The lowest BCUT2D eigenvalue weighted by Gasteiger charge is -2.12. The lowest BCUT2D eigenvalue weighted by atomic mass is 10.1. The van der Waals surface area contributed by atoms with Gasteiger partial charge in [-0.1, -0.05) is 12.1 Å². The van der Waals surface area contributed by atoms with Gasteiger partial charge in [-0.15, -0.1) is 0 Å². The molecule has 1 atom stereocenters.